The average molecular weight is 1340 g/mol. The Hall–Kier alpha value is -1.99. The molecule has 0 radical (unpaired) electrons. The van der Waals surface area contributed by atoms with E-state index in [9.17, 15) is 61.0 Å². The van der Waals surface area contributed by atoms with Crippen molar-refractivity contribution in [2.24, 2.45) is 0 Å². The van der Waals surface area contributed by atoms with Gasteiger partial charge in [0.05, 0.1) is 38.6 Å². The van der Waals surface area contributed by atoms with E-state index in [1.807, 2.05) is 0 Å². The van der Waals surface area contributed by atoms with E-state index in [-0.39, 0.29) is 18.9 Å². The molecule has 0 aliphatic carbocycles. The van der Waals surface area contributed by atoms with Gasteiger partial charge in [0.1, 0.15) is 73.2 Å². The molecule has 3 saturated heterocycles. The highest BCUT2D eigenvalue weighted by atomic mass is 16.8. The highest BCUT2D eigenvalue weighted by Crippen LogP contribution is 2.33. The number of unbranched alkanes of at least 4 members (excludes halogenated alkanes) is 38. The van der Waals surface area contributed by atoms with Gasteiger partial charge >= 0.3 is 0 Å². The largest absolute Gasteiger partial charge is 0.394 e. The predicted octanol–water partition coefficient (Wildman–Crippen LogP) is 11.6. The summed E-state index contributed by atoms with van der Waals surface area (Å²) >= 11 is 0. The van der Waals surface area contributed by atoms with Crippen LogP contribution < -0.4 is 5.32 Å². The van der Waals surface area contributed by atoms with Crippen LogP contribution in [-0.4, -0.2) is 193 Å². The summed E-state index contributed by atoms with van der Waals surface area (Å²) in [5, 5.41) is 121. The van der Waals surface area contributed by atoms with Crippen molar-refractivity contribution in [3.8, 4) is 0 Å². The Morgan fingerprint density at radius 1 is 0.383 bits per heavy atom. The van der Waals surface area contributed by atoms with Crippen molar-refractivity contribution >= 4 is 5.91 Å². The third-order valence-corrected chi connectivity index (χ3v) is 19.2. The number of ether oxygens (including phenoxy) is 6. The summed E-state index contributed by atoms with van der Waals surface area (Å²) in [5.74, 6) is -0.243. The van der Waals surface area contributed by atoms with E-state index in [4.69, 9.17) is 28.4 Å². The van der Waals surface area contributed by atoms with Gasteiger partial charge in [0.15, 0.2) is 18.9 Å². The molecule has 0 saturated carbocycles. The van der Waals surface area contributed by atoms with Gasteiger partial charge in [0, 0.05) is 6.42 Å². The lowest BCUT2D eigenvalue weighted by atomic mass is 9.96. The molecule has 19 nitrogen and oxygen atoms in total. The first-order chi connectivity index (χ1) is 45.8. The summed E-state index contributed by atoms with van der Waals surface area (Å²) in [4.78, 5) is 13.5. The molecule has 94 heavy (non-hydrogen) atoms. The smallest absolute Gasteiger partial charge is 0.220 e. The second-order valence-electron chi connectivity index (χ2n) is 27.5. The molecule has 19 heteroatoms. The van der Waals surface area contributed by atoms with Crippen molar-refractivity contribution in [3.05, 3.63) is 36.5 Å². The maximum atomic E-state index is 13.5. The Labute approximate surface area is 568 Å². The molecule has 3 aliphatic heterocycles. The van der Waals surface area contributed by atoms with Crippen molar-refractivity contribution < 1.29 is 89.4 Å². The van der Waals surface area contributed by atoms with Crippen LogP contribution in [0.5, 0.6) is 0 Å². The molecule has 0 aromatic rings. The molecule has 1 amide bonds. The zero-order valence-corrected chi connectivity index (χ0v) is 58.7. The van der Waals surface area contributed by atoms with Gasteiger partial charge in [-0.05, 0) is 51.4 Å². The second kappa shape index (κ2) is 56.7. The molecule has 0 bridgehead atoms. The molecular weight excluding hydrogens is 1200 g/mol. The lowest BCUT2D eigenvalue weighted by Gasteiger charge is -2.48. The van der Waals surface area contributed by atoms with Gasteiger partial charge in [-0.25, -0.2) is 0 Å². The van der Waals surface area contributed by atoms with E-state index in [0.717, 1.165) is 64.2 Å². The van der Waals surface area contributed by atoms with E-state index in [1.165, 1.54) is 205 Å². The number of carbonyl (C=O) groups is 1. The Morgan fingerprint density at radius 2 is 0.702 bits per heavy atom. The first kappa shape index (κ1) is 86.2. The van der Waals surface area contributed by atoms with Crippen LogP contribution in [0.25, 0.3) is 0 Å². The van der Waals surface area contributed by atoms with Crippen LogP contribution in [0.4, 0.5) is 0 Å². The van der Waals surface area contributed by atoms with Gasteiger partial charge in [0.2, 0.25) is 5.91 Å². The maximum Gasteiger partial charge on any atom is 0.220 e. The minimum absolute atomic E-state index is 0.243. The van der Waals surface area contributed by atoms with E-state index in [0.29, 0.717) is 12.8 Å². The summed E-state index contributed by atoms with van der Waals surface area (Å²) in [6.45, 7) is 1.83. The van der Waals surface area contributed by atoms with Crippen LogP contribution >= 0.6 is 0 Å². The number of aliphatic hydroxyl groups excluding tert-OH is 11. The summed E-state index contributed by atoms with van der Waals surface area (Å²) < 4.78 is 34.5. The molecule has 17 atom stereocenters. The second-order valence-corrected chi connectivity index (χ2v) is 27.5. The van der Waals surface area contributed by atoms with E-state index in [1.54, 1.807) is 0 Å². The van der Waals surface area contributed by atoms with Gasteiger partial charge in [-0.3, -0.25) is 4.79 Å². The molecule has 17 unspecified atom stereocenters. The Bertz CT molecular complexity index is 1840. The molecule has 3 rings (SSSR count). The van der Waals surface area contributed by atoms with Crippen molar-refractivity contribution in [1.29, 1.82) is 0 Å². The van der Waals surface area contributed by atoms with E-state index in [2.05, 4.69) is 55.6 Å². The number of rotatable bonds is 60. The fraction of sp³-hybridized carbons (Fsp3) is 0.907. The first-order valence-electron chi connectivity index (χ1n) is 38.2. The molecule has 12 N–H and O–H groups in total. The number of allylic oxidation sites excluding steroid dienone is 6. The number of aliphatic hydroxyl groups is 11. The fourth-order valence-corrected chi connectivity index (χ4v) is 13.0. The first-order valence-corrected chi connectivity index (χ1v) is 38.2. The van der Waals surface area contributed by atoms with E-state index < -0.39 is 124 Å². The van der Waals surface area contributed by atoms with Crippen LogP contribution in [0.15, 0.2) is 36.5 Å². The lowest BCUT2D eigenvalue weighted by Crippen LogP contribution is -2.66. The zero-order valence-electron chi connectivity index (χ0n) is 58.7. The van der Waals surface area contributed by atoms with Crippen molar-refractivity contribution in [2.75, 3.05) is 26.4 Å². The zero-order chi connectivity index (χ0) is 68.2. The molecule has 0 aromatic carbocycles. The highest BCUT2D eigenvalue weighted by molar-refractivity contribution is 5.76. The Morgan fingerprint density at radius 3 is 1.10 bits per heavy atom. The summed E-state index contributed by atoms with van der Waals surface area (Å²) in [6, 6.07) is -0.891. The quantitative estimate of drug-likeness (QED) is 0.0199. The monoisotopic (exact) mass is 1340 g/mol. The van der Waals surface area contributed by atoms with Gasteiger partial charge < -0.3 is 89.9 Å². The van der Waals surface area contributed by atoms with E-state index >= 15 is 0 Å². The lowest BCUT2D eigenvalue weighted by molar-refractivity contribution is -0.379. The molecule has 3 aliphatic rings. The number of hydrogen-bond acceptors (Lipinski definition) is 18. The normalized spacial score (nSPS) is 27.5. The van der Waals surface area contributed by atoms with Crippen LogP contribution in [-0.2, 0) is 33.2 Å². The van der Waals surface area contributed by atoms with Gasteiger partial charge in [-0.1, -0.05) is 281 Å². The summed E-state index contributed by atoms with van der Waals surface area (Å²) in [7, 11) is 0. The number of hydrogen-bond donors (Lipinski definition) is 12. The van der Waals surface area contributed by atoms with Crippen LogP contribution in [0.3, 0.4) is 0 Å². The Balaban J connectivity index is 1.40. The van der Waals surface area contributed by atoms with Crippen molar-refractivity contribution in [3.63, 3.8) is 0 Å². The maximum absolute atomic E-state index is 13.5. The molecule has 3 fully saturated rings. The topological polar surface area (TPSA) is 307 Å². The van der Waals surface area contributed by atoms with Crippen LogP contribution in [0.1, 0.15) is 303 Å². The molecule has 3 heterocycles. The SMILES string of the molecule is CCCCCCC/C=C\C/C=C\C/C=C\CCCCCCCCCCCCC(=O)NC(COC1OC(CO)C(OC2OC(CO)C(OC3OC(CO)C(O)C(O)C3O)C(O)C2O)C(O)C1O)C(O)CCCCCCCCCCCCCCCCCCCCCCCCCC. The van der Waals surface area contributed by atoms with Crippen LogP contribution in [0, 0.1) is 0 Å². The highest BCUT2D eigenvalue weighted by Gasteiger charge is 2.53. The molecule has 0 spiro atoms. The standard InChI is InChI=1S/C75H139NO18/c1-3-5-7-9-11-13-15-17-19-21-23-25-27-29-31-33-35-37-39-41-43-45-47-49-51-53-63(81)76-58(59(80)52-50-48-46-44-42-40-38-36-34-32-30-28-26-24-22-20-18-16-14-12-10-8-6-4-2)57-89-73-69(87)66(84)71(61(55-78)91-73)94-75-70(88)67(85)72(62(56-79)92-75)93-74-68(86)65(83)64(82)60(54-77)90-74/h15,17,21,23,27,29,58-62,64-75,77-80,82-88H,3-14,16,18-20,22,24-26,28,30-57H2,1-2H3,(H,76,81)/b17-15-,23-21-,29-27-. The summed E-state index contributed by atoms with van der Waals surface area (Å²) in [5.41, 5.74) is 0. The van der Waals surface area contributed by atoms with Gasteiger partial charge in [-0.2, -0.15) is 0 Å². The third kappa shape index (κ3) is 37.4. The number of carbonyl (C=O) groups excluding carboxylic acids is 1. The van der Waals surface area contributed by atoms with Gasteiger partial charge in [0.25, 0.3) is 0 Å². The third-order valence-electron chi connectivity index (χ3n) is 19.2. The molecule has 0 aromatic heterocycles. The fourth-order valence-electron chi connectivity index (χ4n) is 13.0. The number of nitrogens with one attached hydrogen (secondary N) is 1. The van der Waals surface area contributed by atoms with Gasteiger partial charge in [-0.15, -0.1) is 0 Å². The van der Waals surface area contributed by atoms with Crippen molar-refractivity contribution in [1.82, 2.24) is 5.32 Å². The minimum atomic E-state index is -1.97. The summed E-state index contributed by atoms with van der Waals surface area (Å²) in [6.07, 6.45) is 40.7. The molecular formula is C75H139NO18. The van der Waals surface area contributed by atoms with Crippen molar-refractivity contribution in [2.45, 2.75) is 407 Å². The Kier molecular flexibility index (Phi) is 52.0. The number of amides is 1. The van der Waals surface area contributed by atoms with Crippen LogP contribution in [0.2, 0.25) is 0 Å². The molecule has 552 valence electrons. The minimum Gasteiger partial charge on any atom is -0.394 e. The predicted molar refractivity (Wildman–Crippen MR) is 369 cm³/mol. The average Bonchev–Trinajstić information content (AvgIpc) is 0.788.